The van der Waals surface area contributed by atoms with Gasteiger partial charge < -0.3 is 29.7 Å². The number of fused-ring (bicyclic) bond motifs is 2. The van der Waals surface area contributed by atoms with Crippen molar-refractivity contribution in [3.05, 3.63) is 89.5 Å². The van der Waals surface area contributed by atoms with Crippen LogP contribution in [0.3, 0.4) is 0 Å². The van der Waals surface area contributed by atoms with Gasteiger partial charge in [-0.15, -0.1) is 0 Å². The number of hydrogen-bond donors (Lipinski definition) is 2. The molecule has 4 heterocycles. The van der Waals surface area contributed by atoms with Crippen LogP contribution in [0.2, 0.25) is 5.02 Å². The number of allylic oxidation sites excluding steroid dienone is 1. The lowest BCUT2D eigenvalue weighted by atomic mass is 9.77. The van der Waals surface area contributed by atoms with Crippen molar-refractivity contribution in [3.8, 4) is 0 Å². The first-order valence-electron chi connectivity index (χ1n) is 15.2. The lowest BCUT2D eigenvalue weighted by molar-refractivity contribution is -0.161. The van der Waals surface area contributed by atoms with E-state index in [4.69, 9.17) is 21.1 Å². The number of carbonyl (C=O) groups is 4. The number of esters is 1. The average Bonchev–Trinajstić information content (AvgIpc) is 3.43. The van der Waals surface area contributed by atoms with E-state index in [1.54, 1.807) is 67.3 Å². The molecule has 0 bridgehead atoms. The Morgan fingerprint density at radius 1 is 1.04 bits per heavy atom. The predicted octanol–water partition coefficient (Wildman–Crippen LogP) is 3.34. The van der Waals surface area contributed by atoms with Crippen LogP contribution in [0.25, 0.3) is 0 Å². The summed E-state index contributed by atoms with van der Waals surface area (Å²) in [5.41, 5.74) is -0.246. The molecule has 6 rings (SSSR count). The number of aliphatic hydroxyl groups excluding tert-OH is 1. The SMILES string of the molecule is C[C@@H]1NC(=O)CC/C=C\[C@@H]2O[C@@]34C=CCN(c5ccc(Cl)cc5)C(=O)[C@@H]3N([C@H](C)CO)C(=O)[C@H]4[C@@H]2C(=O)O[C@H]1c1ccccc1. The summed E-state index contributed by atoms with van der Waals surface area (Å²) in [6, 6.07) is 13.5. The molecular formula is C34H36ClN3O7. The molecule has 2 aromatic carbocycles. The van der Waals surface area contributed by atoms with E-state index in [9.17, 15) is 24.3 Å². The number of benzene rings is 2. The van der Waals surface area contributed by atoms with Gasteiger partial charge in [0.1, 0.15) is 23.7 Å². The zero-order chi connectivity index (χ0) is 31.9. The molecule has 10 nitrogen and oxygen atoms in total. The number of hydrogen-bond acceptors (Lipinski definition) is 7. The van der Waals surface area contributed by atoms with E-state index in [1.165, 1.54) is 4.90 Å². The van der Waals surface area contributed by atoms with Crippen LogP contribution in [0.5, 0.6) is 0 Å². The number of rotatable bonds is 4. The van der Waals surface area contributed by atoms with Gasteiger partial charge in [0.15, 0.2) is 0 Å². The smallest absolute Gasteiger partial charge is 0.313 e. The quantitative estimate of drug-likeness (QED) is 0.391. The number of nitrogens with zero attached hydrogens (tertiary/aromatic N) is 2. The normalized spacial score (nSPS) is 33.2. The number of aliphatic hydroxyl groups is 1. The molecule has 2 fully saturated rings. The Balaban J connectivity index is 1.45. The highest BCUT2D eigenvalue weighted by atomic mass is 35.5. The maximum atomic E-state index is 14.5. The molecule has 4 aliphatic heterocycles. The Labute approximate surface area is 266 Å². The first-order chi connectivity index (χ1) is 21.7. The fourth-order valence-electron chi connectivity index (χ4n) is 7.06. The second-order valence-corrected chi connectivity index (χ2v) is 12.5. The molecule has 2 aromatic rings. The third-order valence-corrected chi connectivity index (χ3v) is 9.41. The molecule has 4 aliphatic rings. The molecule has 0 radical (unpaired) electrons. The van der Waals surface area contributed by atoms with E-state index >= 15 is 0 Å². The maximum absolute atomic E-state index is 14.5. The van der Waals surface area contributed by atoms with E-state index in [0.29, 0.717) is 22.7 Å². The number of ether oxygens (including phenoxy) is 2. The van der Waals surface area contributed by atoms with Crippen LogP contribution in [0.4, 0.5) is 5.69 Å². The van der Waals surface area contributed by atoms with E-state index < -0.39 is 72.2 Å². The minimum absolute atomic E-state index is 0.187. The van der Waals surface area contributed by atoms with Gasteiger partial charge in [0.25, 0.3) is 5.91 Å². The van der Waals surface area contributed by atoms with Crippen LogP contribution in [-0.4, -0.2) is 76.7 Å². The third-order valence-electron chi connectivity index (χ3n) is 9.16. The molecule has 0 aliphatic carbocycles. The van der Waals surface area contributed by atoms with Crippen LogP contribution < -0.4 is 10.2 Å². The minimum Gasteiger partial charge on any atom is -0.455 e. The molecule has 45 heavy (non-hydrogen) atoms. The number of likely N-dealkylation sites (tertiary alicyclic amines) is 1. The van der Waals surface area contributed by atoms with Gasteiger partial charge in [-0.2, -0.15) is 0 Å². The lowest BCUT2D eigenvalue weighted by Crippen LogP contribution is -2.57. The van der Waals surface area contributed by atoms with Gasteiger partial charge >= 0.3 is 5.97 Å². The summed E-state index contributed by atoms with van der Waals surface area (Å²) in [4.78, 5) is 58.9. The number of carbonyl (C=O) groups excluding carboxylic acids is 4. The van der Waals surface area contributed by atoms with Crippen molar-refractivity contribution in [2.24, 2.45) is 11.8 Å². The second kappa shape index (κ2) is 12.4. The van der Waals surface area contributed by atoms with Gasteiger partial charge in [0.2, 0.25) is 11.8 Å². The van der Waals surface area contributed by atoms with Crippen molar-refractivity contribution in [2.75, 3.05) is 18.1 Å². The highest BCUT2D eigenvalue weighted by molar-refractivity contribution is 6.30. The van der Waals surface area contributed by atoms with Crippen molar-refractivity contribution < 1.29 is 33.8 Å². The standard InChI is InChI=1S/C34H36ClN3O7/c1-20(19-39)38-30-32(42)37(24-15-13-23(35)14-16-24)18-8-17-34(30)28(31(38)41)27-25(45-34)11-6-7-12-26(40)36-21(2)29(44-33(27)43)22-9-4-3-5-10-22/h3-6,8-11,13-17,20-21,25,27-30,39H,7,12,18-19H2,1-2H3,(H,36,40)/b11-6-/t20-,21+,25+,27-,28-,29-,30+,34-/m1/s1. The molecule has 0 saturated carbocycles. The highest BCUT2D eigenvalue weighted by Crippen LogP contribution is 2.54. The Morgan fingerprint density at radius 2 is 1.78 bits per heavy atom. The van der Waals surface area contributed by atoms with Crippen molar-refractivity contribution in [3.63, 3.8) is 0 Å². The van der Waals surface area contributed by atoms with Gasteiger partial charge in [0, 0.05) is 23.7 Å². The summed E-state index contributed by atoms with van der Waals surface area (Å²) in [6.07, 6.45) is 5.81. The van der Waals surface area contributed by atoms with E-state index in [-0.39, 0.29) is 18.9 Å². The fraction of sp³-hybridized carbons (Fsp3) is 0.412. The van der Waals surface area contributed by atoms with E-state index in [1.807, 2.05) is 30.3 Å². The first kappa shape index (κ1) is 31.0. The zero-order valence-corrected chi connectivity index (χ0v) is 25.8. The van der Waals surface area contributed by atoms with Crippen LogP contribution >= 0.6 is 11.6 Å². The Kier molecular flexibility index (Phi) is 8.56. The largest absolute Gasteiger partial charge is 0.455 e. The molecule has 0 aromatic heterocycles. The van der Waals surface area contributed by atoms with Gasteiger partial charge in [-0.05, 0) is 50.1 Å². The molecule has 3 amide bonds. The van der Waals surface area contributed by atoms with Crippen LogP contribution in [0, 0.1) is 11.8 Å². The molecular weight excluding hydrogens is 598 g/mol. The van der Waals surface area contributed by atoms with Gasteiger partial charge in [-0.1, -0.05) is 66.2 Å². The van der Waals surface area contributed by atoms with Gasteiger partial charge in [-0.25, -0.2) is 0 Å². The van der Waals surface area contributed by atoms with E-state index in [2.05, 4.69) is 5.32 Å². The van der Waals surface area contributed by atoms with Crippen LogP contribution in [0.1, 0.15) is 38.4 Å². The lowest BCUT2D eigenvalue weighted by Gasteiger charge is -2.37. The van der Waals surface area contributed by atoms with E-state index in [0.717, 1.165) is 0 Å². The van der Waals surface area contributed by atoms with Crippen molar-refractivity contribution in [2.45, 2.75) is 62.6 Å². The maximum Gasteiger partial charge on any atom is 0.313 e. The van der Waals surface area contributed by atoms with Gasteiger partial charge in [-0.3, -0.25) is 19.2 Å². The monoisotopic (exact) mass is 633 g/mol. The van der Waals surface area contributed by atoms with Crippen LogP contribution in [-0.2, 0) is 28.7 Å². The molecule has 11 heteroatoms. The van der Waals surface area contributed by atoms with Crippen molar-refractivity contribution in [1.82, 2.24) is 10.2 Å². The first-order valence-corrected chi connectivity index (χ1v) is 15.6. The second-order valence-electron chi connectivity index (χ2n) is 12.0. The summed E-state index contributed by atoms with van der Waals surface area (Å²) < 4.78 is 12.9. The summed E-state index contributed by atoms with van der Waals surface area (Å²) in [5, 5.41) is 13.7. The molecule has 2 N–H and O–H groups in total. The Hall–Kier alpha value is -3.99. The summed E-state index contributed by atoms with van der Waals surface area (Å²) in [7, 11) is 0. The van der Waals surface area contributed by atoms with Crippen molar-refractivity contribution in [1.29, 1.82) is 0 Å². The van der Waals surface area contributed by atoms with Gasteiger partial charge in [0.05, 0.1) is 30.7 Å². The third kappa shape index (κ3) is 5.45. The average molecular weight is 634 g/mol. The number of anilines is 1. The number of nitrogens with one attached hydrogen (secondary N) is 1. The Morgan fingerprint density at radius 3 is 2.49 bits per heavy atom. The summed E-state index contributed by atoms with van der Waals surface area (Å²) in [5.74, 6) is -3.94. The van der Waals surface area contributed by atoms with Crippen molar-refractivity contribution >= 4 is 41.0 Å². The number of amides is 3. The Bertz CT molecular complexity index is 1530. The minimum atomic E-state index is -1.51. The number of halogens is 1. The molecule has 1 spiro atoms. The predicted molar refractivity (Wildman–Crippen MR) is 166 cm³/mol. The summed E-state index contributed by atoms with van der Waals surface area (Å²) >= 11 is 6.11. The molecule has 236 valence electrons. The fourth-order valence-corrected chi connectivity index (χ4v) is 7.19. The number of cyclic esters (lactones) is 1. The zero-order valence-electron chi connectivity index (χ0n) is 25.0. The highest BCUT2D eigenvalue weighted by Gasteiger charge is 2.72. The molecule has 8 atom stereocenters. The molecule has 2 saturated heterocycles. The molecule has 0 unspecified atom stereocenters. The summed E-state index contributed by atoms with van der Waals surface area (Å²) in [6.45, 7) is 3.23. The topological polar surface area (TPSA) is 125 Å². The van der Waals surface area contributed by atoms with Crippen LogP contribution in [0.15, 0.2) is 78.9 Å².